The Morgan fingerprint density at radius 3 is 2.65 bits per heavy atom. The van der Waals surface area contributed by atoms with E-state index in [1.54, 1.807) is 0 Å². The number of rotatable bonds is 3. The molecule has 2 rings (SSSR count). The Bertz CT molecular complexity index is 656. The number of nitrogens with one attached hydrogen (secondary N) is 1. The number of nitrogens with zero attached hydrogens (tertiary/aromatic N) is 2. The Hall–Kier alpha value is -2.29. The van der Waals surface area contributed by atoms with E-state index in [4.69, 9.17) is 17.3 Å². The molecule has 0 saturated carbocycles. The lowest BCUT2D eigenvalue weighted by Crippen LogP contribution is -2.18. The largest absolute Gasteiger partial charge is 0.573 e. The van der Waals surface area contributed by atoms with Crippen LogP contribution in [0.3, 0.4) is 0 Å². The van der Waals surface area contributed by atoms with Gasteiger partial charge in [-0.1, -0.05) is 17.7 Å². The van der Waals surface area contributed by atoms with Gasteiger partial charge in [-0.15, -0.1) is 13.2 Å². The van der Waals surface area contributed by atoms with Gasteiger partial charge in [-0.3, -0.25) is 4.79 Å². The van der Waals surface area contributed by atoms with E-state index in [0.29, 0.717) is 0 Å². The summed E-state index contributed by atoms with van der Waals surface area (Å²) in [6.45, 7) is 0. The van der Waals surface area contributed by atoms with Crippen molar-refractivity contribution >= 4 is 17.5 Å². The van der Waals surface area contributed by atoms with Crippen LogP contribution in [0.25, 0.3) is 11.3 Å². The van der Waals surface area contributed by atoms with Crippen LogP contribution in [0.2, 0.25) is 5.02 Å². The molecule has 0 unspecified atom stereocenters. The van der Waals surface area contributed by atoms with Gasteiger partial charge in [-0.2, -0.15) is 15.4 Å². The normalized spacial score (nSPS) is 11.4. The van der Waals surface area contributed by atoms with Crippen LogP contribution in [-0.4, -0.2) is 27.7 Å². The highest BCUT2D eigenvalue weighted by molar-refractivity contribution is 6.33. The summed E-state index contributed by atoms with van der Waals surface area (Å²) >= 11 is 5.85. The molecule has 1 aromatic heterocycles. The predicted molar refractivity (Wildman–Crippen MR) is 62.0 cm³/mol. The maximum Gasteiger partial charge on any atom is 0.573 e. The molecule has 1 heterocycles. The summed E-state index contributed by atoms with van der Waals surface area (Å²) in [5.74, 6) is -1.58. The van der Waals surface area contributed by atoms with E-state index in [1.165, 1.54) is 12.1 Å². The summed E-state index contributed by atoms with van der Waals surface area (Å²) in [4.78, 5) is 11.2. The van der Waals surface area contributed by atoms with Gasteiger partial charge in [-0.05, 0) is 12.1 Å². The van der Waals surface area contributed by atoms with Crippen molar-refractivity contribution in [1.29, 1.82) is 0 Å². The summed E-state index contributed by atoms with van der Waals surface area (Å²) in [6, 6.07) is 3.62. The molecular formula is C10H6ClF3N4O2. The zero-order valence-corrected chi connectivity index (χ0v) is 10.3. The number of hydrogen-bond acceptors (Lipinski definition) is 4. The van der Waals surface area contributed by atoms with Crippen LogP contribution in [0.1, 0.15) is 10.5 Å². The van der Waals surface area contributed by atoms with Gasteiger partial charge in [0.25, 0.3) is 5.91 Å². The molecule has 0 fully saturated rings. The highest BCUT2D eigenvalue weighted by Crippen LogP contribution is 2.38. The molecule has 1 amide bonds. The number of aromatic nitrogens is 3. The van der Waals surface area contributed by atoms with E-state index in [2.05, 4.69) is 20.1 Å². The average Bonchev–Trinajstić information content (AvgIpc) is 2.75. The Kier molecular flexibility index (Phi) is 3.53. The molecular weight excluding hydrogens is 301 g/mol. The van der Waals surface area contributed by atoms with Crippen LogP contribution in [-0.2, 0) is 0 Å². The van der Waals surface area contributed by atoms with Crippen LogP contribution in [0, 0.1) is 0 Å². The predicted octanol–water partition coefficient (Wildman–Crippen LogP) is 2.12. The Morgan fingerprint density at radius 2 is 2.05 bits per heavy atom. The second-order valence-corrected chi connectivity index (χ2v) is 3.95. The van der Waals surface area contributed by atoms with E-state index in [9.17, 15) is 18.0 Å². The minimum Gasteiger partial charge on any atom is -0.405 e. The quantitative estimate of drug-likeness (QED) is 0.908. The minimum atomic E-state index is -4.92. The monoisotopic (exact) mass is 306 g/mol. The van der Waals surface area contributed by atoms with E-state index in [-0.39, 0.29) is 22.0 Å². The van der Waals surface area contributed by atoms with Crippen molar-refractivity contribution < 1.29 is 22.7 Å². The molecule has 0 radical (unpaired) electrons. The molecule has 6 nitrogen and oxygen atoms in total. The molecule has 0 aliphatic carbocycles. The van der Waals surface area contributed by atoms with Gasteiger partial charge in [0, 0.05) is 0 Å². The summed E-state index contributed by atoms with van der Waals surface area (Å²) in [5, 5.41) is 9.06. The number of nitrogens with two attached hydrogens (primary N) is 1. The van der Waals surface area contributed by atoms with Crippen LogP contribution in [0.4, 0.5) is 13.2 Å². The van der Waals surface area contributed by atoms with Crippen LogP contribution in [0.5, 0.6) is 5.75 Å². The summed E-state index contributed by atoms with van der Waals surface area (Å²) in [7, 11) is 0. The summed E-state index contributed by atoms with van der Waals surface area (Å²) in [5.41, 5.74) is 4.27. The zero-order chi connectivity index (χ0) is 14.9. The fourth-order valence-electron chi connectivity index (χ4n) is 1.52. The van der Waals surface area contributed by atoms with Gasteiger partial charge >= 0.3 is 6.36 Å². The molecule has 0 aliphatic rings. The van der Waals surface area contributed by atoms with Crippen LogP contribution < -0.4 is 10.5 Å². The molecule has 0 aliphatic heterocycles. The number of H-pyrrole nitrogens is 1. The number of ether oxygens (including phenoxy) is 1. The number of halogens is 4. The van der Waals surface area contributed by atoms with Gasteiger partial charge in [0.05, 0.1) is 10.6 Å². The molecule has 20 heavy (non-hydrogen) atoms. The van der Waals surface area contributed by atoms with E-state index >= 15 is 0 Å². The lowest BCUT2D eigenvalue weighted by Gasteiger charge is -2.13. The third-order valence-electron chi connectivity index (χ3n) is 2.22. The van der Waals surface area contributed by atoms with Crippen LogP contribution in [0.15, 0.2) is 18.2 Å². The molecule has 1 aromatic carbocycles. The Balaban J connectivity index is 2.61. The lowest BCUT2D eigenvalue weighted by atomic mass is 10.1. The second-order valence-electron chi connectivity index (χ2n) is 3.55. The maximum atomic E-state index is 12.4. The first kappa shape index (κ1) is 14.1. The van der Waals surface area contributed by atoms with Crippen molar-refractivity contribution in [3.05, 3.63) is 28.9 Å². The molecule has 0 saturated heterocycles. The smallest absolute Gasteiger partial charge is 0.405 e. The zero-order valence-electron chi connectivity index (χ0n) is 9.53. The highest BCUT2D eigenvalue weighted by atomic mass is 35.5. The van der Waals surface area contributed by atoms with E-state index < -0.39 is 18.0 Å². The summed E-state index contributed by atoms with van der Waals surface area (Å²) < 4.78 is 40.9. The number of alkyl halides is 3. The van der Waals surface area contributed by atoms with Gasteiger partial charge in [-0.25, -0.2) is 0 Å². The molecule has 0 bridgehead atoms. The first-order valence-electron chi connectivity index (χ1n) is 5.05. The molecule has 0 spiro atoms. The number of hydrogen-bond donors (Lipinski definition) is 2. The number of aromatic amines is 1. The van der Waals surface area contributed by atoms with Crippen molar-refractivity contribution in [3.63, 3.8) is 0 Å². The minimum absolute atomic E-state index is 0.0943. The Labute approximate surface area is 114 Å². The highest BCUT2D eigenvalue weighted by Gasteiger charge is 2.33. The molecule has 2 aromatic rings. The number of benzene rings is 1. The Morgan fingerprint density at radius 1 is 1.35 bits per heavy atom. The second kappa shape index (κ2) is 5.00. The van der Waals surface area contributed by atoms with Crippen molar-refractivity contribution in [1.82, 2.24) is 15.4 Å². The third kappa shape index (κ3) is 2.82. The van der Waals surface area contributed by atoms with Crippen molar-refractivity contribution in [2.75, 3.05) is 0 Å². The first-order valence-corrected chi connectivity index (χ1v) is 5.42. The molecule has 3 N–H and O–H groups in total. The number of primary amides is 1. The lowest BCUT2D eigenvalue weighted by molar-refractivity contribution is -0.274. The fourth-order valence-corrected chi connectivity index (χ4v) is 1.78. The fraction of sp³-hybridized carbons (Fsp3) is 0.100. The maximum absolute atomic E-state index is 12.4. The van der Waals surface area contributed by atoms with Gasteiger partial charge in [0.2, 0.25) is 0 Å². The first-order chi connectivity index (χ1) is 9.29. The average molecular weight is 307 g/mol. The number of carbonyl (C=O) groups excluding carboxylic acids is 1. The third-order valence-corrected chi connectivity index (χ3v) is 2.53. The summed E-state index contributed by atoms with van der Waals surface area (Å²) in [6.07, 6.45) is -4.92. The molecule has 0 atom stereocenters. The van der Waals surface area contributed by atoms with Gasteiger partial charge in [0.1, 0.15) is 11.4 Å². The van der Waals surface area contributed by atoms with Crippen molar-refractivity contribution in [2.24, 2.45) is 5.73 Å². The van der Waals surface area contributed by atoms with Crippen molar-refractivity contribution in [2.45, 2.75) is 6.36 Å². The molecule has 10 heteroatoms. The van der Waals surface area contributed by atoms with Gasteiger partial charge < -0.3 is 10.5 Å². The number of carbonyl (C=O) groups is 1. The van der Waals surface area contributed by atoms with E-state index in [0.717, 1.165) is 6.07 Å². The van der Waals surface area contributed by atoms with E-state index in [1.807, 2.05) is 0 Å². The SMILES string of the molecule is NC(=O)c1n[nH]nc1-c1c(Cl)cccc1OC(F)(F)F. The van der Waals surface area contributed by atoms with Crippen LogP contribution >= 0.6 is 11.6 Å². The number of amides is 1. The van der Waals surface area contributed by atoms with Crippen molar-refractivity contribution in [3.8, 4) is 17.0 Å². The standard InChI is InChI=1S/C10H6ClF3N4O2/c11-4-2-1-3-5(20-10(12,13)14)6(4)7-8(9(15)19)17-18-16-7/h1-3H,(H2,15,19)(H,16,17,18). The van der Waals surface area contributed by atoms with Gasteiger partial charge in [0.15, 0.2) is 5.69 Å². The molecule has 106 valence electrons. The topological polar surface area (TPSA) is 93.9 Å².